The normalized spacial score (nSPS) is 15.9. The number of nitrogens with zero attached hydrogens (tertiary/aromatic N) is 4. The molecule has 0 amide bonds. The van der Waals surface area contributed by atoms with Crippen LogP contribution in [0.3, 0.4) is 0 Å². The van der Waals surface area contributed by atoms with Gasteiger partial charge in [0.15, 0.2) is 0 Å². The average molecular weight is 310 g/mol. The van der Waals surface area contributed by atoms with Crippen LogP contribution in [-0.2, 0) is 6.54 Å². The largest absolute Gasteiger partial charge is 0.369 e. The van der Waals surface area contributed by atoms with E-state index in [1.807, 2.05) is 24.3 Å². The number of nitriles is 1. The van der Waals surface area contributed by atoms with E-state index in [9.17, 15) is 4.39 Å². The molecule has 1 aromatic carbocycles. The van der Waals surface area contributed by atoms with E-state index in [1.165, 1.54) is 12.1 Å². The van der Waals surface area contributed by atoms with Crippen molar-refractivity contribution in [3.05, 3.63) is 59.7 Å². The molecule has 23 heavy (non-hydrogen) atoms. The van der Waals surface area contributed by atoms with Gasteiger partial charge in [-0.1, -0.05) is 12.1 Å². The molecule has 5 heteroatoms. The zero-order chi connectivity index (χ0) is 16.1. The van der Waals surface area contributed by atoms with E-state index in [0.717, 1.165) is 50.4 Å². The highest BCUT2D eigenvalue weighted by Gasteiger charge is 2.15. The first-order valence-electron chi connectivity index (χ1n) is 7.82. The smallest absolute Gasteiger partial charge is 0.140 e. The van der Waals surface area contributed by atoms with Gasteiger partial charge in [0.2, 0.25) is 0 Å². The topological polar surface area (TPSA) is 43.2 Å². The van der Waals surface area contributed by atoms with Crippen molar-refractivity contribution in [3.63, 3.8) is 0 Å². The quantitative estimate of drug-likeness (QED) is 0.874. The van der Waals surface area contributed by atoms with Gasteiger partial charge in [0.25, 0.3) is 0 Å². The van der Waals surface area contributed by atoms with Gasteiger partial charge in [0.1, 0.15) is 17.6 Å². The van der Waals surface area contributed by atoms with Crippen molar-refractivity contribution in [1.82, 2.24) is 9.88 Å². The van der Waals surface area contributed by atoms with Crippen LogP contribution in [0, 0.1) is 17.1 Å². The number of hydrogen-bond donors (Lipinski definition) is 0. The molecule has 0 aliphatic carbocycles. The number of anilines is 1. The Bertz CT molecular complexity index is 676. The molecule has 1 aliphatic rings. The van der Waals surface area contributed by atoms with Gasteiger partial charge in [0.05, 0.1) is 11.9 Å². The molecule has 3 rings (SSSR count). The maximum absolute atomic E-state index is 13.0. The Balaban J connectivity index is 1.60. The lowest BCUT2D eigenvalue weighted by Gasteiger charge is -2.23. The Morgan fingerprint density at radius 1 is 1.04 bits per heavy atom. The highest BCUT2D eigenvalue weighted by atomic mass is 19.1. The third-order valence-electron chi connectivity index (χ3n) is 4.14. The fraction of sp³-hybridized carbons (Fsp3) is 0.333. The van der Waals surface area contributed by atoms with Crippen molar-refractivity contribution in [2.75, 3.05) is 31.1 Å². The van der Waals surface area contributed by atoms with E-state index in [2.05, 4.69) is 14.8 Å². The van der Waals surface area contributed by atoms with Gasteiger partial charge in [-0.15, -0.1) is 0 Å². The SMILES string of the molecule is N#Cc1ccc(N2CCCN(Cc3ccc(F)cc3)CC2)cn1. The van der Waals surface area contributed by atoms with Crippen LogP contribution in [0.4, 0.5) is 10.1 Å². The number of aromatic nitrogens is 1. The summed E-state index contributed by atoms with van der Waals surface area (Å²) in [6.45, 7) is 4.73. The lowest BCUT2D eigenvalue weighted by molar-refractivity contribution is 0.285. The molecule has 1 aliphatic heterocycles. The molecule has 0 atom stereocenters. The Kier molecular flexibility index (Phi) is 4.84. The zero-order valence-corrected chi connectivity index (χ0v) is 13.0. The van der Waals surface area contributed by atoms with Crippen molar-refractivity contribution in [1.29, 1.82) is 5.26 Å². The molecule has 0 saturated carbocycles. The Morgan fingerprint density at radius 2 is 1.87 bits per heavy atom. The molecule has 2 heterocycles. The molecule has 0 spiro atoms. The number of rotatable bonds is 3. The molecule has 4 nitrogen and oxygen atoms in total. The Hall–Kier alpha value is -2.45. The molecular formula is C18H19FN4. The lowest BCUT2D eigenvalue weighted by Crippen LogP contribution is -2.30. The van der Waals surface area contributed by atoms with Gasteiger partial charge in [-0.25, -0.2) is 9.37 Å². The number of benzene rings is 1. The standard InChI is InChI=1S/C18H19FN4/c19-16-4-2-15(3-5-16)14-22-8-1-9-23(11-10-22)18-7-6-17(12-20)21-13-18/h2-7,13H,1,8-11,14H2. The highest BCUT2D eigenvalue weighted by molar-refractivity contribution is 5.46. The molecule has 118 valence electrons. The Morgan fingerprint density at radius 3 is 2.57 bits per heavy atom. The summed E-state index contributed by atoms with van der Waals surface area (Å²) in [5.41, 5.74) is 2.65. The second kappa shape index (κ2) is 7.21. The van der Waals surface area contributed by atoms with Crippen LogP contribution in [-0.4, -0.2) is 36.1 Å². The van der Waals surface area contributed by atoms with Gasteiger partial charge < -0.3 is 4.90 Å². The molecular weight excluding hydrogens is 291 g/mol. The first-order valence-corrected chi connectivity index (χ1v) is 7.82. The van der Waals surface area contributed by atoms with Gasteiger partial charge in [-0.3, -0.25) is 4.90 Å². The summed E-state index contributed by atoms with van der Waals surface area (Å²) >= 11 is 0. The van der Waals surface area contributed by atoms with E-state index < -0.39 is 0 Å². The summed E-state index contributed by atoms with van der Waals surface area (Å²) in [6.07, 6.45) is 2.84. The van der Waals surface area contributed by atoms with Gasteiger partial charge in [-0.05, 0) is 36.2 Å². The van der Waals surface area contributed by atoms with E-state index in [1.54, 1.807) is 12.3 Å². The van der Waals surface area contributed by atoms with E-state index >= 15 is 0 Å². The molecule has 0 unspecified atom stereocenters. The summed E-state index contributed by atoms with van der Waals surface area (Å²) in [7, 11) is 0. The van der Waals surface area contributed by atoms with E-state index in [4.69, 9.17) is 5.26 Å². The minimum atomic E-state index is -0.191. The fourth-order valence-electron chi connectivity index (χ4n) is 2.87. The third-order valence-corrected chi connectivity index (χ3v) is 4.14. The van der Waals surface area contributed by atoms with Gasteiger partial charge in [0, 0.05) is 32.7 Å². The zero-order valence-electron chi connectivity index (χ0n) is 13.0. The van der Waals surface area contributed by atoms with Crippen LogP contribution in [0.1, 0.15) is 17.7 Å². The first kappa shape index (κ1) is 15.4. The average Bonchev–Trinajstić information content (AvgIpc) is 2.83. The summed E-state index contributed by atoms with van der Waals surface area (Å²) in [5.74, 6) is -0.191. The van der Waals surface area contributed by atoms with Crippen molar-refractivity contribution in [3.8, 4) is 6.07 Å². The van der Waals surface area contributed by atoms with Crippen molar-refractivity contribution in [2.24, 2.45) is 0 Å². The highest BCUT2D eigenvalue weighted by Crippen LogP contribution is 2.17. The second-order valence-corrected chi connectivity index (χ2v) is 5.76. The van der Waals surface area contributed by atoms with E-state index in [0.29, 0.717) is 5.69 Å². The summed E-state index contributed by atoms with van der Waals surface area (Å²) in [6, 6.07) is 12.5. The predicted octanol–water partition coefficient (Wildman–Crippen LogP) is 2.80. The second-order valence-electron chi connectivity index (χ2n) is 5.76. The Labute approximate surface area is 135 Å². The molecule has 0 N–H and O–H groups in total. The summed E-state index contributed by atoms with van der Waals surface area (Å²) in [5, 5.41) is 8.82. The van der Waals surface area contributed by atoms with Crippen LogP contribution in [0.15, 0.2) is 42.6 Å². The van der Waals surface area contributed by atoms with Gasteiger partial charge >= 0.3 is 0 Å². The molecule has 0 radical (unpaired) electrons. The molecule has 1 aromatic heterocycles. The van der Waals surface area contributed by atoms with Gasteiger partial charge in [-0.2, -0.15) is 5.26 Å². The van der Waals surface area contributed by atoms with Crippen LogP contribution < -0.4 is 4.90 Å². The number of halogens is 1. The third kappa shape index (κ3) is 4.05. The lowest BCUT2D eigenvalue weighted by atomic mass is 10.2. The molecule has 0 bridgehead atoms. The first-order chi connectivity index (χ1) is 11.2. The minimum Gasteiger partial charge on any atom is -0.369 e. The summed E-state index contributed by atoms with van der Waals surface area (Å²) < 4.78 is 13.0. The van der Waals surface area contributed by atoms with Crippen molar-refractivity contribution >= 4 is 5.69 Å². The van der Waals surface area contributed by atoms with Crippen LogP contribution >= 0.6 is 0 Å². The van der Waals surface area contributed by atoms with Crippen molar-refractivity contribution in [2.45, 2.75) is 13.0 Å². The molecule has 2 aromatic rings. The summed E-state index contributed by atoms with van der Waals surface area (Å²) in [4.78, 5) is 8.84. The maximum Gasteiger partial charge on any atom is 0.140 e. The molecule has 1 fully saturated rings. The van der Waals surface area contributed by atoms with Crippen LogP contribution in [0.25, 0.3) is 0 Å². The van der Waals surface area contributed by atoms with Crippen LogP contribution in [0.5, 0.6) is 0 Å². The minimum absolute atomic E-state index is 0.191. The number of pyridine rings is 1. The molecule has 1 saturated heterocycles. The fourth-order valence-corrected chi connectivity index (χ4v) is 2.87. The monoisotopic (exact) mass is 310 g/mol. The van der Waals surface area contributed by atoms with E-state index in [-0.39, 0.29) is 5.82 Å². The number of hydrogen-bond acceptors (Lipinski definition) is 4. The van der Waals surface area contributed by atoms with Crippen molar-refractivity contribution < 1.29 is 4.39 Å². The van der Waals surface area contributed by atoms with Crippen LogP contribution in [0.2, 0.25) is 0 Å². The maximum atomic E-state index is 13.0. The predicted molar refractivity (Wildman–Crippen MR) is 87.5 cm³/mol.